The maximum atomic E-state index is 5.35. The Morgan fingerprint density at radius 3 is 1.75 bits per heavy atom. The van der Waals surface area contributed by atoms with Crippen molar-refractivity contribution in [1.82, 2.24) is 14.0 Å². The van der Waals surface area contributed by atoms with Gasteiger partial charge in [0, 0.05) is 43.3 Å². The van der Waals surface area contributed by atoms with Crippen molar-refractivity contribution in [2.75, 3.05) is 0 Å². The lowest BCUT2D eigenvalue weighted by molar-refractivity contribution is 1.09. The van der Waals surface area contributed by atoms with Crippen LogP contribution in [0.4, 0.5) is 0 Å². The van der Waals surface area contributed by atoms with E-state index in [2.05, 4.69) is 173 Å². The summed E-state index contributed by atoms with van der Waals surface area (Å²) in [6.45, 7) is 0. The van der Waals surface area contributed by atoms with Crippen LogP contribution in [0.3, 0.4) is 0 Å². The van der Waals surface area contributed by atoms with E-state index in [4.69, 9.17) is 4.98 Å². The Bertz CT molecular complexity index is 2980. The van der Waals surface area contributed by atoms with Crippen molar-refractivity contribution in [3.05, 3.63) is 164 Å². The van der Waals surface area contributed by atoms with Crippen molar-refractivity contribution in [3.63, 3.8) is 0 Å². The summed E-state index contributed by atoms with van der Waals surface area (Å²) >= 11 is 0. The first kappa shape index (κ1) is 25.7. The molecule has 4 aromatic heterocycles. The van der Waals surface area contributed by atoms with Crippen LogP contribution >= 0.6 is 0 Å². The Labute approximate surface area is 275 Å². The van der Waals surface area contributed by atoms with Gasteiger partial charge in [-0.1, -0.05) is 127 Å². The molecular formula is C45H27N3. The van der Waals surface area contributed by atoms with E-state index in [1.54, 1.807) is 0 Å². The third-order valence-electron chi connectivity index (χ3n) is 10.2. The van der Waals surface area contributed by atoms with Crippen molar-refractivity contribution < 1.29 is 0 Å². The largest absolute Gasteiger partial charge is 0.307 e. The Morgan fingerprint density at radius 2 is 0.958 bits per heavy atom. The lowest BCUT2D eigenvalue weighted by Crippen LogP contribution is -2.00. The van der Waals surface area contributed by atoms with Crippen molar-refractivity contribution in [1.29, 1.82) is 0 Å². The maximum absolute atomic E-state index is 5.35. The van der Waals surface area contributed by atoms with Crippen molar-refractivity contribution >= 4 is 70.7 Å². The molecule has 0 N–H and O–H groups in total. The highest BCUT2D eigenvalue weighted by molar-refractivity contribution is 6.28. The van der Waals surface area contributed by atoms with E-state index in [0.717, 1.165) is 33.7 Å². The molecular weight excluding hydrogens is 583 g/mol. The standard InChI is InChI=1S/C45H27N3/c1-3-12-28(13-4-1)31-24-39(29-14-5-2-6-15-29)46-43(26-31)47-40-20-9-8-17-33(40)38-27-37-30(25-42(38)47)22-23-36-35-19-11-18-34-32-16-7-10-21-41(32)48(44(34)35)45(36)37/h1-27H. The number of benzene rings is 7. The van der Waals surface area contributed by atoms with Gasteiger partial charge in [-0.25, -0.2) is 4.98 Å². The normalized spacial score (nSPS) is 12.2. The van der Waals surface area contributed by atoms with E-state index in [1.807, 2.05) is 0 Å². The van der Waals surface area contributed by atoms with Crippen LogP contribution in [0.15, 0.2) is 164 Å². The third kappa shape index (κ3) is 3.45. The first-order valence-electron chi connectivity index (χ1n) is 16.5. The summed E-state index contributed by atoms with van der Waals surface area (Å²) in [5.74, 6) is 0.910. The van der Waals surface area contributed by atoms with Gasteiger partial charge in [0.2, 0.25) is 0 Å². The minimum atomic E-state index is 0.910. The lowest BCUT2D eigenvalue weighted by Gasteiger charge is -2.13. The molecule has 11 aromatic rings. The van der Waals surface area contributed by atoms with E-state index in [1.165, 1.54) is 65.2 Å². The summed E-state index contributed by atoms with van der Waals surface area (Å²) in [4.78, 5) is 5.35. The Kier molecular flexibility index (Phi) is 5.11. The average molecular weight is 610 g/mol. The molecule has 0 fully saturated rings. The summed E-state index contributed by atoms with van der Waals surface area (Å²) in [5, 5.41) is 10.1. The molecule has 3 heteroatoms. The molecule has 222 valence electrons. The Balaban J connectivity index is 1.26. The Morgan fingerprint density at radius 1 is 0.354 bits per heavy atom. The second kappa shape index (κ2) is 9.54. The quantitative estimate of drug-likeness (QED) is 0.195. The van der Waals surface area contributed by atoms with E-state index in [9.17, 15) is 0 Å². The van der Waals surface area contributed by atoms with Crippen molar-refractivity contribution in [2.45, 2.75) is 0 Å². The molecule has 0 aliphatic heterocycles. The fourth-order valence-corrected chi connectivity index (χ4v) is 8.13. The van der Waals surface area contributed by atoms with Gasteiger partial charge in [-0.05, 0) is 52.9 Å². The van der Waals surface area contributed by atoms with Crippen LogP contribution in [0.5, 0.6) is 0 Å². The smallest absolute Gasteiger partial charge is 0.138 e. The van der Waals surface area contributed by atoms with Crippen molar-refractivity contribution in [2.24, 2.45) is 0 Å². The fourth-order valence-electron chi connectivity index (χ4n) is 8.13. The van der Waals surface area contributed by atoms with Gasteiger partial charge in [-0.15, -0.1) is 0 Å². The van der Waals surface area contributed by atoms with Crippen LogP contribution in [0.2, 0.25) is 0 Å². The van der Waals surface area contributed by atoms with Gasteiger partial charge >= 0.3 is 0 Å². The highest BCUT2D eigenvalue weighted by Gasteiger charge is 2.21. The minimum Gasteiger partial charge on any atom is -0.307 e. The second-order valence-corrected chi connectivity index (χ2v) is 12.8. The van der Waals surface area contributed by atoms with E-state index in [-0.39, 0.29) is 0 Å². The van der Waals surface area contributed by atoms with Crippen LogP contribution in [0, 0.1) is 0 Å². The molecule has 0 bridgehead atoms. The van der Waals surface area contributed by atoms with Crippen LogP contribution in [-0.4, -0.2) is 14.0 Å². The molecule has 3 nitrogen and oxygen atoms in total. The number of nitrogens with zero attached hydrogens (tertiary/aromatic N) is 3. The first-order chi connectivity index (χ1) is 23.8. The zero-order valence-corrected chi connectivity index (χ0v) is 25.9. The molecule has 0 amide bonds. The Hall–Kier alpha value is -6.45. The maximum Gasteiger partial charge on any atom is 0.138 e. The second-order valence-electron chi connectivity index (χ2n) is 12.8. The predicted octanol–water partition coefficient (Wildman–Crippen LogP) is 11.8. The third-order valence-corrected chi connectivity index (χ3v) is 10.2. The zero-order valence-electron chi connectivity index (χ0n) is 25.9. The molecule has 0 aliphatic carbocycles. The van der Waals surface area contributed by atoms with Crippen LogP contribution in [0.25, 0.3) is 98.9 Å². The summed E-state index contributed by atoms with van der Waals surface area (Å²) in [7, 11) is 0. The number of aromatic nitrogens is 3. The lowest BCUT2D eigenvalue weighted by atomic mass is 10.0. The molecule has 0 atom stereocenters. The number of fused-ring (bicyclic) bond motifs is 11. The summed E-state index contributed by atoms with van der Waals surface area (Å²) in [6.07, 6.45) is 0. The van der Waals surface area contributed by atoms with Crippen LogP contribution in [-0.2, 0) is 0 Å². The van der Waals surface area contributed by atoms with E-state index in [0.29, 0.717) is 0 Å². The van der Waals surface area contributed by atoms with Gasteiger partial charge in [0.25, 0.3) is 0 Å². The molecule has 0 unspecified atom stereocenters. The monoisotopic (exact) mass is 609 g/mol. The number of pyridine rings is 1. The molecule has 11 rings (SSSR count). The fraction of sp³-hybridized carbons (Fsp3) is 0. The van der Waals surface area contributed by atoms with Crippen molar-refractivity contribution in [3.8, 4) is 28.2 Å². The van der Waals surface area contributed by atoms with Gasteiger partial charge in [0.15, 0.2) is 0 Å². The molecule has 0 radical (unpaired) electrons. The van der Waals surface area contributed by atoms with Gasteiger partial charge < -0.3 is 4.40 Å². The highest BCUT2D eigenvalue weighted by atomic mass is 15.1. The molecule has 7 aromatic carbocycles. The summed E-state index contributed by atoms with van der Waals surface area (Å²) < 4.78 is 4.86. The highest BCUT2D eigenvalue weighted by Crippen LogP contribution is 2.43. The predicted molar refractivity (Wildman–Crippen MR) is 202 cm³/mol. The first-order valence-corrected chi connectivity index (χ1v) is 16.5. The van der Waals surface area contributed by atoms with Gasteiger partial charge in [0.05, 0.1) is 33.3 Å². The number of para-hydroxylation sites is 3. The van der Waals surface area contributed by atoms with Crippen LogP contribution < -0.4 is 0 Å². The average Bonchev–Trinajstić information content (AvgIpc) is 3.79. The summed E-state index contributed by atoms with van der Waals surface area (Å²) in [6, 6.07) is 59.3. The van der Waals surface area contributed by atoms with Gasteiger partial charge in [-0.3, -0.25) is 4.57 Å². The molecule has 0 spiro atoms. The van der Waals surface area contributed by atoms with E-state index < -0.39 is 0 Å². The molecule has 0 saturated heterocycles. The van der Waals surface area contributed by atoms with Gasteiger partial charge in [-0.2, -0.15) is 0 Å². The molecule has 0 saturated carbocycles. The topological polar surface area (TPSA) is 22.2 Å². The molecule has 4 heterocycles. The SMILES string of the molecule is c1ccc(-c2cc(-c3ccccc3)nc(-n3c4ccccc4c4cc5c(ccc6c7cccc8c9ccccc9n(c56)c87)cc43)c2)cc1. The van der Waals surface area contributed by atoms with Crippen LogP contribution in [0.1, 0.15) is 0 Å². The summed E-state index contributed by atoms with van der Waals surface area (Å²) in [5.41, 5.74) is 10.5. The number of rotatable bonds is 3. The molecule has 0 aliphatic rings. The van der Waals surface area contributed by atoms with Gasteiger partial charge in [0.1, 0.15) is 5.82 Å². The number of hydrogen-bond donors (Lipinski definition) is 0. The van der Waals surface area contributed by atoms with E-state index >= 15 is 0 Å². The zero-order chi connectivity index (χ0) is 31.3. The number of hydrogen-bond acceptors (Lipinski definition) is 1. The molecule has 48 heavy (non-hydrogen) atoms. The minimum absolute atomic E-state index is 0.910.